The van der Waals surface area contributed by atoms with Gasteiger partial charge in [0.15, 0.2) is 11.6 Å². The maximum atomic E-state index is 13.3. The van der Waals surface area contributed by atoms with Crippen LogP contribution in [0, 0.1) is 11.6 Å². The zero-order valence-corrected chi connectivity index (χ0v) is 9.75. The van der Waals surface area contributed by atoms with Crippen LogP contribution in [0.1, 0.15) is 5.69 Å². The highest BCUT2D eigenvalue weighted by Crippen LogP contribution is 2.23. The molecule has 0 saturated heterocycles. The van der Waals surface area contributed by atoms with Gasteiger partial charge in [0.05, 0.1) is 12.4 Å². The summed E-state index contributed by atoms with van der Waals surface area (Å²) in [5.74, 6) is -2.34. The van der Waals surface area contributed by atoms with Gasteiger partial charge in [-0.1, -0.05) is 18.3 Å². The number of ether oxygens (including phenoxy) is 1. The fourth-order valence-electron chi connectivity index (χ4n) is 1.17. The van der Waals surface area contributed by atoms with Crippen LogP contribution in [0.2, 0.25) is 0 Å². The molecule has 92 valence electrons. The van der Waals surface area contributed by atoms with E-state index in [0.717, 1.165) is 6.07 Å². The first kappa shape index (κ1) is 12.3. The summed E-state index contributed by atoms with van der Waals surface area (Å²) in [4.78, 5) is 7.77. The van der Waals surface area contributed by atoms with Gasteiger partial charge in [-0.05, 0) is 12.1 Å². The third-order valence-electron chi connectivity index (χ3n) is 2.01. The third-order valence-corrected chi connectivity index (χ3v) is 2.22. The fraction of sp³-hybridized carbons (Fsp3) is 0. The molecule has 7 heteroatoms. The second-order valence-electron chi connectivity index (χ2n) is 3.26. The topological polar surface area (TPSA) is 61.0 Å². The molecule has 0 radical (unpaired) electrons. The first-order chi connectivity index (χ1) is 8.58. The van der Waals surface area contributed by atoms with Crippen LogP contribution >= 0.6 is 12.2 Å². The van der Waals surface area contributed by atoms with E-state index in [1.807, 2.05) is 0 Å². The summed E-state index contributed by atoms with van der Waals surface area (Å²) in [7, 11) is 0. The molecule has 0 bridgehead atoms. The second kappa shape index (κ2) is 5.01. The molecule has 1 heterocycles. The molecule has 0 aliphatic heterocycles. The highest BCUT2D eigenvalue weighted by molar-refractivity contribution is 7.80. The second-order valence-corrected chi connectivity index (χ2v) is 3.70. The Bertz CT molecular complexity index is 589. The van der Waals surface area contributed by atoms with Crippen molar-refractivity contribution in [1.29, 1.82) is 0 Å². The molecule has 0 unspecified atom stereocenters. The Kier molecular flexibility index (Phi) is 3.42. The molecule has 0 aliphatic rings. The Hall–Kier alpha value is -2.15. The summed E-state index contributed by atoms with van der Waals surface area (Å²) < 4.78 is 31.3. The van der Waals surface area contributed by atoms with Gasteiger partial charge in [0.1, 0.15) is 10.7 Å². The summed E-state index contributed by atoms with van der Waals surface area (Å²) in [6.07, 6.45) is 2.51. The number of hydrogen-bond donors (Lipinski definition) is 1. The van der Waals surface area contributed by atoms with E-state index < -0.39 is 11.6 Å². The minimum atomic E-state index is -1.09. The van der Waals surface area contributed by atoms with Gasteiger partial charge in [-0.3, -0.25) is 0 Å². The number of nitrogens with two attached hydrogens (primary N) is 1. The minimum absolute atomic E-state index is 0.0134. The van der Waals surface area contributed by atoms with Crippen LogP contribution in [0.3, 0.4) is 0 Å². The molecule has 2 aromatic rings. The maximum Gasteiger partial charge on any atom is 0.238 e. The highest BCUT2D eigenvalue weighted by atomic mass is 32.1. The molecular formula is C11H7F2N3OS. The quantitative estimate of drug-likeness (QED) is 0.864. The number of rotatable bonds is 3. The van der Waals surface area contributed by atoms with Crippen LogP contribution in [-0.4, -0.2) is 15.0 Å². The highest BCUT2D eigenvalue weighted by Gasteiger charge is 2.10. The zero-order valence-electron chi connectivity index (χ0n) is 8.93. The summed E-state index contributed by atoms with van der Waals surface area (Å²) in [6, 6.07) is 3.59. The molecule has 0 saturated carbocycles. The van der Waals surface area contributed by atoms with Crippen molar-refractivity contribution >= 4 is 17.2 Å². The number of thiocarbonyl (C=S) groups is 1. The van der Waals surface area contributed by atoms with Crippen LogP contribution < -0.4 is 10.5 Å². The van der Waals surface area contributed by atoms with Crippen molar-refractivity contribution in [3.05, 3.63) is 47.9 Å². The van der Waals surface area contributed by atoms with Gasteiger partial charge in [-0.15, -0.1) is 0 Å². The van der Waals surface area contributed by atoms with Gasteiger partial charge < -0.3 is 10.5 Å². The summed E-state index contributed by atoms with van der Waals surface area (Å²) in [5, 5.41) is 0. The van der Waals surface area contributed by atoms with Crippen molar-refractivity contribution in [2.24, 2.45) is 5.73 Å². The van der Waals surface area contributed by atoms with Crippen molar-refractivity contribution in [3.63, 3.8) is 0 Å². The number of aromatic nitrogens is 2. The average Bonchev–Trinajstić information content (AvgIpc) is 2.36. The smallest absolute Gasteiger partial charge is 0.238 e. The number of hydrogen-bond acceptors (Lipinski definition) is 4. The van der Waals surface area contributed by atoms with Crippen LogP contribution in [0.15, 0.2) is 30.6 Å². The van der Waals surface area contributed by atoms with Gasteiger partial charge >= 0.3 is 0 Å². The molecule has 0 amide bonds. The van der Waals surface area contributed by atoms with E-state index in [4.69, 9.17) is 22.7 Å². The van der Waals surface area contributed by atoms with Crippen molar-refractivity contribution in [2.45, 2.75) is 0 Å². The zero-order chi connectivity index (χ0) is 13.1. The molecule has 0 fully saturated rings. The average molecular weight is 267 g/mol. The standard InChI is InChI=1S/C11H7F2N3OS/c12-6-2-1-3-8(10(6)13)17-9-5-15-7(4-16-9)11(14)18/h1-5H,(H2,14,18). The molecule has 18 heavy (non-hydrogen) atoms. The van der Waals surface area contributed by atoms with E-state index >= 15 is 0 Å². The molecular weight excluding hydrogens is 260 g/mol. The molecule has 0 aliphatic carbocycles. The molecule has 2 N–H and O–H groups in total. The van der Waals surface area contributed by atoms with Crippen LogP contribution in [0.4, 0.5) is 8.78 Å². The summed E-state index contributed by atoms with van der Waals surface area (Å²) in [6.45, 7) is 0. The Labute approximate surface area is 106 Å². The Morgan fingerprint density at radius 2 is 2.00 bits per heavy atom. The number of halogens is 2. The normalized spacial score (nSPS) is 10.1. The van der Waals surface area contributed by atoms with Gasteiger partial charge in [-0.2, -0.15) is 4.39 Å². The van der Waals surface area contributed by atoms with E-state index in [0.29, 0.717) is 5.69 Å². The fourth-order valence-corrected chi connectivity index (χ4v) is 1.28. The third kappa shape index (κ3) is 2.57. The predicted molar refractivity (Wildman–Crippen MR) is 64.4 cm³/mol. The SMILES string of the molecule is NC(=S)c1cnc(Oc2cccc(F)c2F)cn1. The molecule has 4 nitrogen and oxygen atoms in total. The maximum absolute atomic E-state index is 13.3. The molecule has 2 rings (SSSR count). The summed E-state index contributed by atoms with van der Waals surface area (Å²) >= 11 is 4.70. The largest absolute Gasteiger partial charge is 0.434 e. The van der Waals surface area contributed by atoms with E-state index in [9.17, 15) is 8.78 Å². The molecule has 1 aromatic carbocycles. The molecule has 0 atom stereocenters. The van der Waals surface area contributed by atoms with Crippen LogP contribution in [-0.2, 0) is 0 Å². The monoisotopic (exact) mass is 267 g/mol. The lowest BCUT2D eigenvalue weighted by atomic mass is 10.3. The van der Waals surface area contributed by atoms with Crippen molar-refractivity contribution in [1.82, 2.24) is 9.97 Å². The number of benzene rings is 1. The Morgan fingerprint density at radius 3 is 2.61 bits per heavy atom. The van der Waals surface area contributed by atoms with E-state index in [2.05, 4.69) is 9.97 Å². The molecule has 1 aromatic heterocycles. The first-order valence-electron chi connectivity index (χ1n) is 4.81. The van der Waals surface area contributed by atoms with Gasteiger partial charge in [0, 0.05) is 0 Å². The van der Waals surface area contributed by atoms with E-state index in [1.165, 1.54) is 24.5 Å². The molecule has 0 spiro atoms. The van der Waals surface area contributed by atoms with Crippen LogP contribution in [0.25, 0.3) is 0 Å². The number of nitrogens with zero attached hydrogens (tertiary/aromatic N) is 2. The Balaban J connectivity index is 2.24. The lowest BCUT2D eigenvalue weighted by Gasteiger charge is -2.05. The summed E-state index contributed by atoms with van der Waals surface area (Å²) in [5.41, 5.74) is 5.66. The lowest BCUT2D eigenvalue weighted by Crippen LogP contribution is -2.11. The van der Waals surface area contributed by atoms with Crippen molar-refractivity contribution in [2.75, 3.05) is 0 Å². The lowest BCUT2D eigenvalue weighted by molar-refractivity contribution is 0.404. The van der Waals surface area contributed by atoms with Gasteiger partial charge in [0.25, 0.3) is 0 Å². The van der Waals surface area contributed by atoms with Crippen LogP contribution in [0.5, 0.6) is 11.6 Å². The predicted octanol–water partition coefficient (Wildman–Crippen LogP) is 2.18. The Morgan fingerprint density at radius 1 is 1.22 bits per heavy atom. The van der Waals surface area contributed by atoms with Crippen molar-refractivity contribution < 1.29 is 13.5 Å². The first-order valence-corrected chi connectivity index (χ1v) is 5.22. The van der Waals surface area contributed by atoms with E-state index in [1.54, 1.807) is 0 Å². The van der Waals surface area contributed by atoms with Crippen molar-refractivity contribution in [3.8, 4) is 11.6 Å². The minimum Gasteiger partial charge on any atom is -0.434 e. The van der Waals surface area contributed by atoms with Gasteiger partial charge in [-0.25, -0.2) is 14.4 Å². The van der Waals surface area contributed by atoms with E-state index in [-0.39, 0.29) is 16.6 Å². The van der Waals surface area contributed by atoms with Gasteiger partial charge in [0.2, 0.25) is 11.7 Å².